The third-order valence-electron chi connectivity index (χ3n) is 2.49. The zero-order valence-electron chi connectivity index (χ0n) is 10.4. The summed E-state index contributed by atoms with van der Waals surface area (Å²) in [6.45, 7) is 2.59. The lowest BCUT2D eigenvalue weighted by molar-refractivity contribution is 0.542. The maximum Gasteiger partial charge on any atom is 0.148 e. The number of benzene rings is 1. The average Bonchev–Trinajstić information content (AvgIpc) is 2.23. The first-order valence-corrected chi connectivity index (χ1v) is 8.53. The van der Waals surface area contributed by atoms with Crippen LogP contribution in [0.25, 0.3) is 0 Å². The maximum atomic E-state index is 13.4. The monoisotopic (exact) mass is 337 g/mol. The molecule has 1 aromatic rings. The Hall–Kier alpha value is -0.460. The van der Waals surface area contributed by atoms with Gasteiger partial charge in [-0.25, -0.2) is 12.8 Å². The van der Waals surface area contributed by atoms with E-state index in [1.807, 2.05) is 6.92 Å². The van der Waals surface area contributed by atoms with E-state index in [1.54, 1.807) is 12.1 Å². The second-order valence-corrected chi connectivity index (χ2v) is 7.24. The van der Waals surface area contributed by atoms with Crippen LogP contribution in [0.4, 0.5) is 4.39 Å². The predicted molar refractivity (Wildman–Crippen MR) is 75.0 cm³/mol. The Labute approximate surface area is 116 Å². The van der Waals surface area contributed by atoms with Crippen LogP contribution in [0.3, 0.4) is 0 Å². The van der Waals surface area contributed by atoms with Crippen molar-refractivity contribution in [3.8, 4) is 0 Å². The smallest absolute Gasteiger partial charge is 0.148 e. The van der Waals surface area contributed by atoms with Crippen LogP contribution >= 0.6 is 15.9 Å². The fraction of sp³-hybridized carbons (Fsp3) is 0.500. The van der Waals surface area contributed by atoms with Gasteiger partial charge >= 0.3 is 0 Å². The Morgan fingerprint density at radius 3 is 2.67 bits per heavy atom. The van der Waals surface area contributed by atoms with E-state index in [2.05, 4.69) is 21.2 Å². The minimum absolute atomic E-state index is 0.0454. The van der Waals surface area contributed by atoms with Gasteiger partial charge in [0.25, 0.3) is 0 Å². The Morgan fingerprint density at radius 2 is 2.11 bits per heavy atom. The van der Waals surface area contributed by atoms with Crippen LogP contribution in [0, 0.1) is 5.82 Å². The fourth-order valence-corrected chi connectivity index (χ4v) is 3.21. The zero-order valence-corrected chi connectivity index (χ0v) is 12.8. The Morgan fingerprint density at radius 1 is 1.44 bits per heavy atom. The summed E-state index contributed by atoms with van der Waals surface area (Å²) in [5, 5.41) is 3.11. The first-order valence-electron chi connectivity index (χ1n) is 5.67. The van der Waals surface area contributed by atoms with Crippen LogP contribution < -0.4 is 5.32 Å². The van der Waals surface area contributed by atoms with Gasteiger partial charge in [-0.05, 0) is 40.5 Å². The van der Waals surface area contributed by atoms with Gasteiger partial charge in [-0.2, -0.15) is 0 Å². The molecule has 0 aliphatic carbocycles. The van der Waals surface area contributed by atoms with Crippen molar-refractivity contribution in [1.82, 2.24) is 5.32 Å². The summed E-state index contributed by atoms with van der Waals surface area (Å²) in [6.07, 6.45) is 1.68. The number of hydrogen-bond donors (Lipinski definition) is 1. The van der Waals surface area contributed by atoms with Crippen molar-refractivity contribution in [2.75, 3.05) is 18.6 Å². The van der Waals surface area contributed by atoms with Crippen molar-refractivity contribution < 1.29 is 12.8 Å². The first-order chi connectivity index (χ1) is 8.33. The molecule has 0 fully saturated rings. The van der Waals surface area contributed by atoms with Crippen molar-refractivity contribution in [1.29, 1.82) is 0 Å². The summed E-state index contributed by atoms with van der Waals surface area (Å²) in [7, 11) is -3.06. The maximum absolute atomic E-state index is 13.4. The van der Waals surface area contributed by atoms with Gasteiger partial charge in [0.05, 0.1) is 10.2 Å². The first kappa shape index (κ1) is 15.6. The van der Waals surface area contributed by atoms with Crippen LogP contribution in [0.2, 0.25) is 0 Å². The number of likely N-dealkylation sites (N-methyl/N-ethyl adjacent to an activating group) is 1. The molecule has 0 saturated carbocycles. The molecule has 0 aliphatic heterocycles. The van der Waals surface area contributed by atoms with Crippen molar-refractivity contribution in [2.24, 2.45) is 0 Å². The molecule has 1 atom stereocenters. The number of halogens is 2. The lowest BCUT2D eigenvalue weighted by Crippen LogP contribution is -2.37. The molecule has 0 radical (unpaired) electrons. The number of rotatable bonds is 6. The van der Waals surface area contributed by atoms with Crippen LogP contribution in [-0.2, 0) is 16.3 Å². The number of sulfone groups is 1. The second kappa shape index (κ2) is 6.63. The molecule has 1 N–H and O–H groups in total. The summed E-state index contributed by atoms with van der Waals surface area (Å²) in [4.78, 5) is 0. The molecule has 0 spiro atoms. The molecule has 0 bridgehead atoms. The Balaban J connectivity index is 2.86. The van der Waals surface area contributed by atoms with Gasteiger partial charge in [0.1, 0.15) is 15.7 Å². The van der Waals surface area contributed by atoms with E-state index in [1.165, 1.54) is 12.3 Å². The van der Waals surface area contributed by atoms with Gasteiger partial charge in [0.15, 0.2) is 0 Å². The lowest BCUT2D eigenvalue weighted by Gasteiger charge is -2.17. The Bertz CT molecular complexity index is 505. The van der Waals surface area contributed by atoms with Crippen molar-refractivity contribution in [3.05, 3.63) is 34.1 Å². The highest BCUT2D eigenvalue weighted by atomic mass is 79.9. The number of hydrogen-bond acceptors (Lipinski definition) is 3. The van der Waals surface area contributed by atoms with E-state index < -0.39 is 9.84 Å². The van der Waals surface area contributed by atoms with Gasteiger partial charge < -0.3 is 5.32 Å². The highest BCUT2D eigenvalue weighted by Crippen LogP contribution is 2.21. The summed E-state index contributed by atoms with van der Waals surface area (Å²) >= 11 is 3.19. The zero-order chi connectivity index (χ0) is 13.8. The summed E-state index contributed by atoms with van der Waals surface area (Å²) in [5.41, 5.74) is 0.768. The van der Waals surface area contributed by atoms with E-state index >= 15 is 0 Å². The molecule has 6 heteroatoms. The van der Waals surface area contributed by atoms with Gasteiger partial charge in [-0.3, -0.25) is 0 Å². The highest BCUT2D eigenvalue weighted by molar-refractivity contribution is 9.10. The van der Waals surface area contributed by atoms with Gasteiger partial charge in [-0.15, -0.1) is 0 Å². The van der Waals surface area contributed by atoms with Crippen molar-refractivity contribution in [2.45, 2.75) is 19.4 Å². The predicted octanol–water partition coefficient (Wildman–Crippen LogP) is 2.15. The molecule has 0 saturated heterocycles. The molecule has 3 nitrogen and oxygen atoms in total. The van der Waals surface area contributed by atoms with E-state index in [9.17, 15) is 12.8 Å². The van der Waals surface area contributed by atoms with Crippen LogP contribution in [-0.4, -0.2) is 33.0 Å². The Kier molecular flexibility index (Phi) is 5.75. The molecule has 102 valence electrons. The summed E-state index contributed by atoms with van der Waals surface area (Å²) in [6, 6.07) is 4.58. The van der Waals surface area contributed by atoms with Crippen LogP contribution in [0.15, 0.2) is 22.7 Å². The minimum Gasteiger partial charge on any atom is -0.313 e. The van der Waals surface area contributed by atoms with Crippen molar-refractivity contribution in [3.63, 3.8) is 0 Å². The molecule has 0 aliphatic rings. The minimum atomic E-state index is -3.06. The SMILES string of the molecule is CCNC(Cc1cccc(F)c1Br)CS(C)(=O)=O. The van der Waals surface area contributed by atoms with Gasteiger partial charge in [-0.1, -0.05) is 19.1 Å². The molecular weight excluding hydrogens is 321 g/mol. The highest BCUT2D eigenvalue weighted by Gasteiger charge is 2.17. The summed E-state index contributed by atoms with van der Waals surface area (Å²) in [5.74, 6) is -0.286. The van der Waals surface area contributed by atoms with E-state index in [-0.39, 0.29) is 17.6 Å². The molecule has 1 unspecified atom stereocenters. The second-order valence-electron chi connectivity index (χ2n) is 4.26. The standard InChI is InChI=1S/C12H17BrFNO2S/c1-3-15-10(8-18(2,16)17)7-9-5-4-6-11(14)12(9)13/h4-6,10,15H,3,7-8H2,1-2H3. The molecule has 0 heterocycles. The van der Waals surface area contributed by atoms with Gasteiger partial charge in [0, 0.05) is 12.3 Å². The molecule has 1 aromatic carbocycles. The summed E-state index contributed by atoms with van der Waals surface area (Å²) < 4.78 is 36.4. The third-order valence-corrected chi connectivity index (χ3v) is 4.39. The van der Waals surface area contributed by atoms with E-state index in [0.29, 0.717) is 17.4 Å². The molecule has 0 aromatic heterocycles. The van der Waals surface area contributed by atoms with Crippen LogP contribution in [0.5, 0.6) is 0 Å². The quantitative estimate of drug-likeness (QED) is 0.865. The molecular formula is C12H17BrFNO2S. The molecule has 1 rings (SSSR count). The number of nitrogens with one attached hydrogen (secondary N) is 1. The molecule has 0 amide bonds. The normalized spacial score (nSPS) is 13.6. The van der Waals surface area contributed by atoms with Crippen molar-refractivity contribution >= 4 is 25.8 Å². The van der Waals surface area contributed by atoms with E-state index in [0.717, 1.165) is 5.56 Å². The average molecular weight is 338 g/mol. The third kappa shape index (κ3) is 5.04. The van der Waals surface area contributed by atoms with Gasteiger partial charge in [0.2, 0.25) is 0 Å². The van der Waals surface area contributed by atoms with E-state index in [4.69, 9.17) is 0 Å². The topological polar surface area (TPSA) is 46.2 Å². The largest absolute Gasteiger partial charge is 0.313 e. The lowest BCUT2D eigenvalue weighted by atomic mass is 10.1. The fourth-order valence-electron chi connectivity index (χ4n) is 1.82. The van der Waals surface area contributed by atoms with Crippen LogP contribution in [0.1, 0.15) is 12.5 Å². The molecule has 18 heavy (non-hydrogen) atoms.